The topological polar surface area (TPSA) is 86.7 Å². The van der Waals surface area contributed by atoms with Gasteiger partial charge in [-0.15, -0.1) is 5.10 Å². The number of hydrogen-bond donors (Lipinski definition) is 1. The molecule has 0 saturated carbocycles. The van der Waals surface area contributed by atoms with E-state index in [9.17, 15) is 4.79 Å². The summed E-state index contributed by atoms with van der Waals surface area (Å²) in [6, 6.07) is 3.99. The number of ketones is 1. The second kappa shape index (κ2) is 5.50. The van der Waals surface area contributed by atoms with Crippen LogP contribution in [0.3, 0.4) is 0 Å². The van der Waals surface area contributed by atoms with Crippen LogP contribution in [0.2, 0.25) is 0 Å². The van der Waals surface area contributed by atoms with Crippen LogP contribution in [-0.2, 0) is 24.3 Å². The molecule has 1 aliphatic rings. The Kier molecular flexibility index (Phi) is 3.56. The molecule has 0 bridgehead atoms. The second-order valence-corrected chi connectivity index (χ2v) is 5.07. The number of rotatable bonds is 4. The summed E-state index contributed by atoms with van der Waals surface area (Å²) in [6.45, 7) is 0.565. The minimum atomic E-state index is -0.120. The number of nitrogens with two attached hydrogens (primary N) is 1. The molecule has 0 aliphatic heterocycles. The summed E-state index contributed by atoms with van der Waals surface area (Å²) in [4.78, 5) is 16.9. The van der Waals surface area contributed by atoms with Crippen molar-refractivity contribution in [2.75, 3.05) is 0 Å². The number of nitrogens with zero attached hydrogens (tertiary/aromatic N) is 4. The summed E-state index contributed by atoms with van der Waals surface area (Å²) in [6.07, 6.45) is 6.38. The SMILES string of the molecule is NCc1cn(CC(=O)C2CCCc3cccnc32)nn1. The molecule has 6 heteroatoms. The highest BCUT2D eigenvalue weighted by atomic mass is 16.1. The molecule has 0 spiro atoms. The maximum Gasteiger partial charge on any atom is 0.163 e. The van der Waals surface area contributed by atoms with E-state index in [1.165, 1.54) is 5.56 Å². The van der Waals surface area contributed by atoms with E-state index in [1.54, 1.807) is 17.1 Å². The zero-order valence-electron chi connectivity index (χ0n) is 11.2. The first-order valence-electron chi connectivity index (χ1n) is 6.83. The lowest BCUT2D eigenvalue weighted by Crippen LogP contribution is -2.24. The van der Waals surface area contributed by atoms with Gasteiger partial charge in [0.05, 0.1) is 23.5 Å². The first-order chi connectivity index (χ1) is 9.78. The summed E-state index contributed by atoms with van der Waals surface area (Å²) in [5, 5.41) is 7.82. The first-order valence-corrected chi connectivity index (χ1v) is 6.83. The van der Waals surface area contributed by atoms with E-state index in [2.05, 4.69) is 21.4 Å². The molecule has 0 amide bonds. The van der Waals surface area contributed by atoms with E-state index < -0.39 is 0 Å². The molecule has 3 rings (SSSR count). The van der Waals surface area contributed by atoms with E-state index in [1.807, 2.05) is 6.07 Å². The second-order valence-electron chi connectivity index (χ2n) is 5.07. The van der Waals surface area contributed by atoms with Crippen molar-refractivity contribution in [1.82, 2.24) is 20.0 Å². The number of aromatic nitrogens is 4. The fourth-order valence-electron chi connectivity index (χ4n) is 2.70. The third kappa shape index (κ3) is 2.46. The molecule has 2 aromatic rings. The van der Waals surface area contributed by atoms with Crippen molar-refractivity contribution in [3.63, 3.8) is 0 Å². The van der Waals surface area contributed by atoms with Crippen molar-refractivity contribution in [1.29, 1.82) is 0 Å². The summed E-state index contributed by atoms with van der Waals surface area (Å²) in [5.74, 6) is 0.0172. The molecule has 0 radical (unpaired) electrons. The quantitative estimate of drug-likeness (QED) is 0.889. The molecule has 0 aromatic carbocycles. The fourth-order valence-corrected chi connectivity index (χ4v) is 2.70. The van der Waals surface area contributed by atoms with Crippen LogP contribution in [0.1, 0.15) is 35.7 Å². The molecular formula is C14H17N5O. The lowest BCUT2D eigenvalue weighted by atomic mass is 9.84. The number of carbonyl (C=O) groups is 1. The van der Waals surface area contributed by atoms with Crippen molar-refractivity contribution in [2.24, 2.45) is 5.73 Å². The highest BCUT2D eigenvalue weighted by molar-refractivity contribution is 5.85. The van der Waals surface area contributed by atoms with Gasteiger partial charge in [0, 0.05) is 12.7 Å². The van der Waals surface area contributed by atoms with Gasteiger partial charge in [-0.25, -0.2) is 4.68 Å². The van der Waals surface area contributed by atoms with Crippen LogP contribution in [0.15, 0.2) is 24.5 Å². The normalized spacial score (nSPS) is 17.8. The lowest BCUT2D eigenvalue weighted by Gasteiger charge is -2.22. The molecule has 1 unspecified atom stereocenters. The molecule has 2 heterocycles. The molecule has 2 aromatic heterocycles. The highest BCUT2D eigenvalue weighted by Crippen LogP contribution is 2.30. The molecule has 0 fully saturated rings. The fraction of sp³-hybridized carbons (Fsp3) is 0.429. The van der Waals surface area contributed by atoms with Crippen LogP contribution >= 0.6 is 0 Å². The van der Waals surface area contributed by atoms with E-state index in [-0.39, 0.29) is 18.2 Å². The first kappa shape index (κ1) is 12.9. The van der Waals surface area contributed by atoms with Gasteiger partial charge in [-0.3, -0.25) is 9.78 Å². The van der Waals surface area contributed by atoms with Gasteiger partial charge < -0.3 is 5.73 Å². The smallest absolute Gasteiger partial charge is 0.163 e. The molecule has 2 N–H and O–H groups in total. The zero-order valence-corrected chi connectivity index (χ0v) is 11.2. The van der Waals surface area contributed by atoms with Crippen LogP contribution in [0.4, 0.5) is 0 Å². The zero-order chi connectivity index (χ0) is 13.9. The van der Waals surface area contributed by atoms with E-state index in [0.29, 0.717) is 12.2 Å². The number of aryl methyl sites for hydroxylation is 1. The Labute approximate surface area is 117 Å². The standard InChI is InChI=1S/C14H17N5O/c15-7-11-8-19(18-17-11)9-13(20)12-5-1-3-10-4-2-6-16-14(10)12/h2,4,6,8,12H,1,3,5,7,9,15H2. The van der Waals surface area contributed by atoms with Gasteiger partial charge >= 0.3 is 0 Å². The summed E-state index contributed by atoms with van der Waals surface area (Å²) >= 11 is 0. The third-order valence-corrected chi connectivity index (χ3v) is 3.70. The van der Waals surface area contributed by atoms with Crippen LogP contribution in [0.25, 0.3) is 0 Å². The highest BCUT2D eigenvalue weighted by Gasteiger charge is 2.27. The Bertz CT molecular complexity index is 622. The van der Waals surface area contributed by atoms with E-state index in [0.717, 1.165) is 25.0 Å². The molecular weight excluding hydrogens is 254 g/mol. The van der Waals surface area contributed by atoms with Crippen molar-refractivity contribution >= 4 is 5.78 Å². The van der Waals surface area contributed by atoms with Crippen LogP contribution in [0, 0.1) is 0 Å². The Hall–Kier alpha value is -2.08. The van der Waals surface area contributed by atoms with Crippen LogP contribution < -0.4 is 5.73 Å². The molecule has 1 aliphatic carbocycles. The predicted molar refractivity (Wildman–Crippen MR) is 72.8 cm³/mol. The van der Waals surface area contributed by atoms with E-state index in [4.69, 9.17) is 5.73 Å². The van der Waals surface area contributed by atoms with Gasteiger partial charge in [0.1, 0.15) is 6.54 Å². The summed E-state index contributed by atoms with van der Waals surface area (Å²) in [5.41, 5.74) is 8.31. The number of fused-ring (bicyclic) bond motifs is 1. The number of hydrogen-bond acceptors (Lipinski definition) is 5. The summed E-state index contributed by atoms with van der Waals surface area (Å²) in [7, 11) is 0. The number of pyridine rings is 1. The maximum atomic E-state index is 12.5. The maximum absolute atomic E-state index is 12.5. The third-order valence-electron chi connectivity index (χ3n) is 3.70. The Morgan fingerprint density at radius 1 is 1.50 bits per heavy atom. The Balaban J connectivity index is 1.78. The molecule has 6 nitrogen and oxygen atoms in total. The summed E-state index contributed by atoms with van der Waals surface area (Å²) < 4.78 is 1.56. The molecule has 104 valence electrons. The van der Waals surface area contributed by atoms with Crippen molar-refractivity contribution in [3.05, 3.63) is 41.5 Å². The molecule has 1 atom stereocenters. The average molecular weight is 271 g/mol. The van der Waals surface area contributed by atoms with Crippen molar-refractivity contribution < 1.29 is 4.79 Å². The van der Waals surface area contributed by atoms with Gasteiger partial charge in [0.25, 0.3) is 0 Å². The Morgan fingerprint density at radius 3 is 3.20 bits per heavy atom. The molecule has 20 heavy (non-hydrogen) atoms. The molecule has 0 saturated heterocycles. The predicted octanol–water partition coefficient (Wildman–Crippen LogP) is 0.821. The van der Waals surface area contributed by atoms with Crippen LogP contribution in [-0.4, -0.2) is 25.8 Å². The van der Waals surface area contributed by atoms with E-state index >= 15 is 0 Å². The minimum Gasteiger partial charge on any atom is -0.325 e. The van der Waals surface area contributed by atoms with Gasteiger partial charge in [-0.1, -0.05) is 11.3 Å². The Morgan fingerprint density at radius 2 is 2.40 bits per heavy atom. The minimum absolute atomic E-state index is 0.120. The largest absolute Gasteiger partial charge is 0.325 e. The average Bonchev–Trinajstić information content (AvgIpc) is 2.94. The van der Waals surface area contributed by atoms with Gasteiger partial charge in [-0.05, 0) is 30.9 Å². The van der Waals surface area contributed by atoms with Gasteiger partial charge in [-0.2, -0.15) is 0 Å². The number of carbonyl (C=O) groups excluding carboxylic acids is 1. The van der Waals surface area contributed by atoms with Crippen molar-refractivity contribution in [3.8, 4) is 0 Å². The van der Waals surface area contributed by atoms with Gasteiger partial charge in [0.2, 0.25) is 0 Å². The van der Waals surface area contributed by atoms with Gasteiger partial charge in [0.15, 0.2) is 5.78 Å². The van der Waals surface area contributed by atoms with Crippen molar-refractivity contribution in [2.45, 2.75) is 38.3 Å². The van der Waals surface area contributed by atoms with Crippen LogP contribution in [0.5, 0.6) is 0 Å². The number of Topliss-reactive ketones (excluding diaryl/α,β-unsaturated/α-hetero) is 1. The monoisotopic (exact) mass is 271 g/mol. The lowest BCUT2D eigenvalue weighted by molar-refractivity contribution is -0.121.